The zero-order valence-corrected chi connectivity index (χ0v) is 13.3. The van der Waals surface area contributed by atoms with Crippen molar-refractivity contribution in [2.24, 2.45) is 5.92 Å². The largest absolute Gasteiger partial charge is 0.351 e. The minimum Gasteiger partial charge on any atom is -0.351 e. The summed E-state index contributed by atoms with van der Waals surface area (Å²) in [6, 6.07) is -0.0940. The van der Waals surface area contributed by atoms with E-state index < -0.39 is 5.72 Å². The van der Waals surface area contributed by atoms with Crippen LogP contribution >= 0.6 is 0 Å². The van der Waals surface area contributed by atoms with Crippen molar-refractivity contribution >= 4 is 5.91 Å². The summed E-state index contributed by atoms with van der Waals surface area (Å²) in [7, 11) is 0. The van der Waals surface area contributed by atoms with Gasteiger partial charge in [0.2, 0.25) is 5.91 Å². The fourth-order valence-corrected chi connectivity index (χ4v) is 2.68. The number of hydrogen-bond acceptors (Lipinski definition) is 3. The van der Waals surface area contributed by atoms with Gasteiger partial charge >= 0.3 is 0 Å². The van der Waals surface area contributed by atoms with Gasteiger partial charge in [0.15, 0.2) is 0 Å². The Morgan fingerprint density at radius 3 is 2.47 bits per heavy atom. The van der Waals surface area contributed by atoms with Crippen LogP contribution in [0.5, 0.6) is 0 Å². The summed E-state index contributed by atoms with van der Waals surface area (Å²) in [5.41, 5.74) is -0.484. The molecule has 112 valence electrons. The number of nitrogens with one attached hydrogen (secondary N) is 1. The molecule has 1 aliphatic rings. The Morgan fingerprint density at radius 1 is 1.42 bits per heavy atom. The Balaban J connectivity index is 2.78. The maximum Gasteiger partial charge on any atom is 0.242 e. The van der Waals surface area contributed by atoms with E-state index in [2.05, 4.69) is 26.1 Å². The molecule has 1 saturated heterocycles. The highest BCUT2D eigenvalue weighted by Gasteiger charge is 2.43. The number of carbonyl (C=O) groups excluding carboxylic acids is 1. The lowest BCUT2D eigenvalue weighted by atomic mass is 10.0. The molecule has 1 fully saturated rings. The molecule has 0 radical (unpaired) electrons. The van der Waals surface area contributed by atoms with Crippen LogP contribution in [0.3, 0.4) is 0 Å². The van der Waals surface area contributed by atoms with Crippen LogP contribution in [0.2, 0.25) is 0 Å². The zero-order valence-electron chi connectivity index (χ0n) is 13.3. The van der Waals surface area contributed by atoms with E-state index in [1.54, 1.807) is 0 Å². The normalized spacial score (nSPS) is 23.9. The Labute approximate surface area is 117 Å². The molecular weight excluding hydrogens is 240 g/mol. The monoisotopic (exact) mass is 270 g/mol. The molecule has 19 heavy (non-hydrogen) atoms. The molecule has 1 amide bonds. The highest BCUT2D eigenvalue weighted by atomic mass is 16.5. The lowest BCUT2D eigenvalue weighted by Crippen LogP contribution is -2.52. The van der Waals surface area contributed by atoms with Crippen LogP contribution in [0.25, 0.3) is 0 Å². The number of nitrogens with zero attached hydrogens (tertiary/aromatic N) is 1. The van der Waals surface area contributed by atoms with E-state index in [0.29, 0.717) is 12.5 Å². The molecule has 4 nitrogen and oxygen atoms in total. The van der Waals surface area contributed by atoms with E-state index in [-0.39, 0.29) is 18.1 Å². The van der Waals surface area contributed by atoms with Crippen LogP contribution in [-0.2, 0) is 9.53 Å². The van der Waals surface area contributed by atoms with Crippen molar-refractivity contribution in [3.63, 3.8) is 0 Å². The maximum atomic E-state index is 12.7. The summed E-state index contributed by atoms with van der Waals surface area (Å²) >= 11 is 0. The average molecular weight is 270 g/mol. The highest BCUT2D eigenvalue weighted by Crippen LogP contribution is 2.29. The maximum absolute atomic E-state index is 12.7. The molecule has 0 spiro atoms. The first-order valence-electron chi connectivity index (χ1n) is 7.54. The zero-order chi connectivity index (χ0) is 14.6. The summed E-state index contributed by atoms with van der Waals surface area (Å²) < 4.78 is 5.94. The second-order valence-electron chi connectivity index (χ2n) is 6.28. The van der Waals surface area contributed by atoms with E-state index in [1.165, 1.54) is 0 Å². The number of carbonyl (C=O) groups is 1. The smallest absolute Gasteiger partial charge is 0.242 e. The van der Waals surface area contributed by atoms with Gasteiger partial charge in [-0.05, 0) is 39.2 Å². The SMILES string of the molecule is CCNC(CC(C)C)C(=O)N1CC(CC)OC1(C)C. The Hall–Kier alpha value is -0.610. The second kappa shape index (κ2) is 6.71. The van der Waals surface area contributed by atoms with Crippen molar-refractivity contribution in [2.75, 3.05) is 13.1 Å². The first kappa shape index (κ1) is 16.4. The molecule has 1 N–H and O–H groups in total. The van der Waals surface area contributed by atoms with Crippen molar-refractivity contribution in [1.82, 2.24) is 10.2 Å². The van der Waals surface area contributed by atoms with E-state index in [4.69, 9.17) is 4.74 Å². The predicted molar refractivity (Wildman–Crippen MR) is 77.9 cm³/mol. The van der Waals surface area contributed by atoms with Crippen LogP contribution < -0.4 is 5.32 Å². The van der Waals surface area contributed by atoms with Gasteiger partial charge in [-0.3, -0.25) is 4.79 Å². The van der Waals surface area contributed by atoms with Gasteiger partial charge in [-0.2, -0.15) is 0 Å². The Morgan fingerprint density at radius 2 is 2.05 bits per heavy atom. The van der Waals surface area contributed by atoms with Gasteiger partial charge in [0, 0.05) is 6.54 Å². The molecule has 1 heterocycles. The average Bonchev–Trinajstić information content (AvgIpc) is 2.62. The standard InChI is InChI=1S/C15H30N2O2/c1-7-12-10-17(15(5,6)19-12)14(18)13(16-8-2)9-11(3)4/h11-13,16H,7-10H2,1-6H3. The lowest BCUT2D eigenvalue weighted by molar-refractivity contribution is -0.148. The third kappa shape index (κ3) is 4.18. The topological polar surface area (TPSA) is 41.6 Å². The third-order valence-corrected chi connectivity index (χ3v) is 3.67. The molecule has 0 aromatic carbocycles. The molecule has 2 unspecified atom stereocenters. The van der Waals surface area contributed by atoms with Gasteiger partial charge in [0.1, 0.15) is 5.72 Å². The van der Waals surface area contributed by atoms with E-state index >= 15 is 0 Å². The molecule has 1 aliphatic heterocycles. The molecule has 1 rings (SSSR count). The summed E-state index contributed by atoms with van der Waals surface area (Å²) in [6.07, 6.45) is 1.99. The second-order valence-corrected chi connectivity index (χ2v) is 6.28. The lowest BCUT2D eigenvalue weighted by Gasteiger charge is -2.33. The van der Waals surface area contributed by atoms with Gasteiger partial charge in [0.05, 0.1) is 12.1 Å². The number of likely N-dealkylation sites (N-methyl/N-ethyl adjacent to an activating group) is 1. The van der Waals surface area contributed by atoms with Crippen molar-refractivity contribution in [1.29, 1.82) is 0 Å². The molecule has 0 bridgehead atoms. The van der Waals surface area contributed by atoms with Crippen LogP contribution in [0.1, 0.15) is 54.4 Å². The summed E-state index contributed by atoms with van der Waals surface area (Å²) in [5, 5.41) is 3.31. The highest BCUT2D eigenvalue weighted by molar-refractivity contribution is 5.82. The molecule has 2 atom stereocenters. The minimum atomic E-state index is -0.484. The molecular formula is C15H30N2O2. The van der Waals surface area contributed by atoms with Gasteiger partial charge in [-0.25, -0.2) is 0 Å². The number of hydrogen-bond donors (Lipinski definition) is 1. The predicted octanol–water partition coefficient (Wildman–Crippen LogP) is 2.38. The number of amides is 1. The molecule has 0 aromatic rings. The van der Waals surface area contributed by atoms with Crippen LogP contribution in [0.4, 0.5) is 0 Å². The fraction of sp³-hybridized carbons (Fsp3) is 0.933. The van der Waals surface area contributed by atoms with E-state index in [9.17, 15) is 4.79 Å². The van der Waals surface area contributed by atoms with Gasteiger partial charge in [0.25, 0.3) is 0 Å². The van der Waals surface area contributed by atoms with Crippen LogP contribution in [0.15, 0.2) is 0 Å². The fourth-order valence-electron chi connectivity index (χ4n) is 2.68. The first-order valence-corrected chi connectivity index (χ1v) is 7.54. The Kier molecular flexibility index (Phi) is 5.81. The van der Waals surface area contributed by atoms with Gasteiger partial charge in [-0.1, -0.05) is 27.7 Å². The third-order valence-electron chi connectivity index (χ3n) is 3.67. The molecule has 0 saturated carbocycles. The number of ether oxygens (including phenoxy) is 1. The summed E-state index contributed by atoms with van der Waals surface area (Å²) in [6.45, 7) is 13.9. The van der Waals surface area contributed by atoms with Gasteiger partial charge < -0.3 is 15.0 Å². The molecule has 0 aromatic heterocycles. The summed E-state index contributed by atoms with van der Waals surface area (Å²) in [4.78, 5) is 14.6. The van der Waals surface area contributed by atoms with Crippen molar-refractivity contribution in [3.8, 4) is 0 Å². The molecule has 0 aliphatic carbocycles. The van der Waals surface area contributed by atoms with Crippen LogP contribution in [0, 0.1) is 5.92 Å². The first-order chi connectivity index (χ1) is 8.81. The number of rotatable bonds is 6. The Bertz CT molecular complexity index is 303. The molecule has 4 heteroatoms. The van der Waals surface area contributed by atoms with E-state index in [0.717, 1.165) is 19.4 Å². The van der Waals surface area contributed by atoms with Crippen molar-refractivity contribution in [3.05, 3.63) is 0 Å². The van der Waals surface area contributed by atoms with E-state index in [1.807, 2.05) is 25.7 Å². The summed E-state index contributed by atoms with van der Waals surface area (Å²) in [5.74, 6) is 0.679. The van der Waals surface area contributed by atoms with Crippen molar-refractivity contribution < 1.29 is 9.53 Å². The quantitative estimate of drug-likeness (QED) is 0.806. The minimum absolute atomic E-state index is 0.0940. The van der Waals surface area contributed by atoms with Crippen molar-refractivity contribution in [2.45, 2.75) is 72.3 Å². The van der Waals surface area contributed by atoms with Gasteiger partial charge in [-0.15, -0.1) is 0 Å². The van der Waals surface area contributed by atoms with Crippen LogP contribution in [-0.4, -0.2) is 41.8 Å².